The minimum absolute atomic E-state index is 0.107. The van der Waals surface area contributed by atoms with E-state index in [9.17, 15) is 9.59 Å². The Kier molecular flexibility index (Phi) is 4.92. The molecule has 0 aliphatic heterocycles. The van der Waals surface area contributed by atoms with Crippen LogP contribution in [0, 0.1) is 0 Å². The molecule has 3 rings (SSSR count). The van der Waals surface area contributed by atoms with Crippen molar-refractivity contribution in [3.05, 3.63) is 47.8 Å². The van der Waals surface area contributed by atoms with Gasteiger partial charge in [-0.05, 0) is 42.7 Å². The van der Waals surface area contributed by atoms with Gasteiger partial charge in [0.05, 0.1) is 7.11 Å². The summed E-state index contributed by atoms with van der Waals surface area (Å²) in [6.45, 7) is 0.145. The standard InChI is InChI=1S/C18H21N3O4/c1-24-16-9-12(4-7-15(16)25-11-17(19)22)10-20-18(23)14-3-2-8-21(14)13-5-6-13/h2-4,7-9,13H,5-6,10-11H2,1H3,(H2,19,22)(H,20,23). The third-order valence-electron chi connectivity index (χ3n) is 4.00. The van der Waals surface area contributed by atoms with E-state index in [1.807, 2.05) is 22.9 Å². The monoisotopic (exact) mass is 343 g/mol. The number of benzene rings is 1. The molecule has 1 saturated carbocycles. The Hall–Kier alpha value is -2.96. The zero-order valence-corrected chi connectivity index (χ0v) is 14.0. The lowest BCUT2D eigenvalue weighted by Crippen LogP contribution is -2.25. The van der Waals surface area contributed by atoms with E-state index in [-0.39, 0.29) is 12.5 Å². The van der Waals surface area contributed by atoms with Crippen molar-refractivity contribution in [2.75, 3.05) is 13.7 Å². The van der Waals surface area contributed by atoms with Crippen molar-refractivity contribution in [3.8, 4) is 11.5 Å². The van der Waals surface area contributed by atoms with Crippen LogP contribution in [-0.2, 0) is 11.3 Å². The summed E-state index contributed by atoms with van der Waals surface area (Å²) in [5, 5.41) is 2.92. The van der Waals surface area contributed by atoms with Crippen LogP contribution in [0.15, 0.2) is 36.5 Å². The van der Waals surface area contributed by atoms with Crippen molar-refractivity contribution in [3.63, 3.8) is 0 Å². The molecule has 2 amide bonds. The Bertz CT molecular complexity index is 780. The Morgan fingerprint density at radius 1 is 1.28 bits per heavy atom. The van der Waals surface area contributed by atoms with Crippen molar-refractivity contribution in [1.29, 1.82) is 0 Å². The number of nitrogens with two attached hydrogens (primary N) is 1. The van der Waals surface area contributed by atoms with Crippen LogP contribution in [0.4, 0.5) is 0 Å². The maximum absolute atomic E-state index is 12.4. The smallest absolute Gasteiger partial charge is 0.268 e. The van der Waals surface area contributed by atoms with Crippen LogP contribution < -0.4 is 20.5 Å². The van der Waals surface area contributed by atoms with E-state index in [4.69, 9.17) is 15.2 Å². The predicted octanol–water partition coefficient (Wildman–Crippen LogP) is 1.63. The zero-order chi connectivity index (χ0) is 17.8. The first kappa shape index (κ1) is 16.9. The van der Waals surface area contributed by atoms with Gasteiger partial charge in [-0.15, -0.1) is 0 Å². The molecule has 1 heterocycles. The summed E-state index contributed by atoms with van der Waals surface area (Å²) in [4.78, 5) is 23.2. The number of aromatic nitrogens is 1. The van der Waals surface area contributed by atoms with Gasteiger partial charge in [-0.25, -0.2) is 0 Å². The maximum Gasteiger partial charge on any atom is 0.268 e. The number of nitrogens with zero attached hydrogens (tertiary/aromatic N) is 1. The van der Waals surface area contributed by atoms with Crippen LogP contribution in [0.3, 0.4) is 0 Å². The molecule has 0 saturated heterocycles. The normalized spacial score (nSPS) is 13.3. The molecule has 7 heteroatoms. The predicted molar refractivity (Wildman–Crippen MR) is 91.6 cm³/mol. The number of nitrogens with one attached hydrogen (secondary N) is 1. The van der Waals surface area contributed by atoms with E-state index in [1.165, 1.54) is 7.11 Å². The molecule has 0 spiro atoms. The van der Waals surface area contributed by atoms with Crippen molar-refractivity contribution >= 4 is 11.8 Å². The summed E-state index contributed by atoms with van der Waals surface area (Å²) < 4.78 is 12.6. The fourth-order valence-electron chi connectivity index (χ4n) is 2.62. The van der Waals surface area contributed by atoms with Crippen LogP contribution in [0.1, 0.15) is 34.9 Å². The lowest BCUT2D eigenvalue weighted by Gasteiger charge is -2.12. The first-order chi connectivity index (χ1) is 12.1. The average molecular weight is 343 g/mol. The lowest BCUT2D eigenvalue weighted by atomic mass is 10.2. The number of carbonyl (C=O) groups is 2. The van der Waals surface area contributed by atoms with Gasteiger partial charge in [0.1, 0.15) is 5.69 Å². The highest BCUT2D eigenvalue weighted by molar-refractivity contribution is 5.92. The topological polar surface area (TPSA) is 95.6 Å². The van der Waals surface area contributed by atoms with Crippen molar-refractivity contribution in [2.24, 2.45) is 5.73 Å². The summed E-state index contributed by atoms with van der Waals surface area (Å²) in [5.41, 5.74) is 6.61. The third kappa shape index (κ3) is 4.12. The van der Waals surface area contributed by atoms with Gasteiger partial charge in [0.15, 0.2) is 18.1 Å². The second-order valence-electron chi connectivity index (χ2n) is 5.95. The highest BCUT2D eigenvalue weighted by Crippen LogP contribution is 2.36. The van der Waals surface area contributed by atoms with Gasteiger partial charge in [0, 0.05) is 18.8 Å². The molecule has 1 fully saturated rings. The molecular formula is C18H21N3O4. The summed E-state index contributed by atoms with van der Waals surface area (Å²) in [6, 6.07) is 9.43. The number of carbonyl (C=O) groups excluding carboxylic acids is 2. The molecule has 0 unspecified atom stereocenters. The number of ether oxygens (including phenoxy) is 2. The molecule has 1 aromatic carbocycles. The first-order valence-corrected chi connectivity index (χ1v) is 8.11. The van der Waals surface area contributed by atoms with E-state index in [0.717, 1.165) is 18.4 Å². The minimum Gasteiger partial charge on any atom is -0.493 e. The molecule has 7 nitrogen and oxygen atoms in total. The van der Waals surface area contributed by atoms with Crippen LogP contribution in [-0.4, -0.2) is 30.1 Å². The molecule has 132 valence electrons. The van der Waals surface area contributed by atoms with E-state index in [0.29, 0.717) is 29.8 Å². The Balaban J connectivity index is 1.63. The molecule has 0 atom stereocenters. The SMILES string of the molecule is COc1cc(CNC(=O)c2cccn2C2CC2)ccc1OCC(N)=O. The van der Waals surface area contributed by atoms with Gasteiger partial charge in [-0.1, -0.05) is 6.07 Å². The highest BCUT2D eigenvalue weighted by Gasteiger charge is 2.26. The van der Waals surface area contributed by atoms with Gasteiger partial charge in [-0.2, -0.15) is 0 Å². The third-order valence-corrected chi connectivity index (χ3v) is 4.00. The number of amides is 2. The number of hydrogen-bond acceptors (Lipinski definition) is 4. The van der Waals surface area contributed by atoms with Crippen LogP contribution >= 0.6 is 0 Å². The number of hydrogen-bond donors (Lipinski definition) is 2. The number of methoxy groups -OCH3 is 1. The maximum atomic E-state index is 12.4. The van der Waals surface area contributed by atoms with Gasteiger partial charge in [0.25, 0.3) is 11.8 Å². The minimum atomic E-state index is -0.558. The molecule has 3 N–H and O–H groups in total. The van der Waals surface area contributed by atoms with Crippen LogP contribution in [0.25, 0.3) is 0 Å². The highest BCUT2D eigenvalue weighted by atomic mass is 16.5. The zero-order valence-electron chi connectivity index (χ0n) is 14.0. The molecule has 0 bridgehead atoms. The quantitative estimate of drug-likeness (QED) is 0.761. The molecule has 1 aliphatic carbocycles. The second kappa shape index (κ2) is 7.29. The second-order valence-corrected chi connectivity index (χ2v) is 5.95. The number of rotatable bonds is 8. The lowest BCUT2D eigenvalue weighted by molar-refractivity contribution is -0.119. The molecule has 0 radical (unpaired) electrons. The van der Waals surface area contributed by atoms with E-state index in [1.54, 1.807) is 18.2 Å². The molecular weight excluding hydrogens is 322 g/mol. The average Bonchev–Trinajstić information content (AvgIpc) is 3.34. The summed E-state index contributed by atoms with van der Waals surface area (Å²) in [6.07, 6.45) is 4.19. The van der Waals surface area contributed by atoms with Crippen molar-refractivity contribution in [2.45, 2.75) is 25.4 Å². The Morgan fingerprint density at radius 3 is 2.76 bits per heavy atom. The van der Waals surface area contributed by atoms with Crippen LogP contribution in [0.5, 0.6) is 11.5 Å². The van der Waals surface area contributed by atoms with E-state index >= 15 is 0 Å². The Morgan fingerprint density at radius 2 is 2.08 bits per heavy atom. The molecule has 2 aromatic rings. The first-order valence-electron chi connectivity index (χ1n) is 8.11. The fourth-order valence-corrected chi connectivity index (χ4v) is 2.62. The van der Waals surface area contributed by atoms with Gasteiger partial charge < -0.3 is 25.1 Å². The molecule has 1 aliphatic rings. The van der Waals surface area contributed by atoms with Crippen molar-refractivity contribution in [1.82, 2.24) is 9.88 Å². The fraction of sp³-hybridized carbons (Fsp3) is 0.333. The molecule has 1 aromatic heterocycles. The summed E-state index contributed by atoms with van der Waals surface area (Å²) >= 11 is 0. The van der Waals surface area contributed by atoms with Gasteiger partial charge in [-0.3, -0.25) is 9.59 Å². The van der Waals surface area contributed by atoms with E-state index < -0.39 is 5.91 Å². The summed E-state index contributed by atoms with van der Waals surface area (Å²) in [5.74, 6) is 0.246. The largest absolute Gasteiger partial charge is 0.493 e. The van der Waals surface area contributed by atoms with Gasteiger partial charge >= 0.3 is 0 Å². The van der Waals surface area contributed by atoms with Crippen LogP contribution in [0.2, 0.25) is 0 Å². The molecule has 25 heavy (non-hydrogen) atoms. The number of primary amides is 1. The van der Waals surface area contributed by atoms with Gasteiger partial charge in [0.2, 0.25) is 0 Å². The van der Waals surface area contributed by atoms with Crippen molar-refractivity contribution < 1.29 is 19.1 Å². The van der Waals surface area contributed by atoms with E-state index in [2.05, 4.69) is 5.32 Å². The Labute approximate surface area is 145 Å². The summed E-state index contributed by atoms with van der Waals surface area (Å²) in [7, 11) is 1.51.